The lowest BCUT2D eigenvalue weighted by atomic mass is 9.97. The summed E-state index contributed by atoms with van der Waals surface area (Å²) in [4.78, 5) is 47.0. The highest BCUT2D eigenvalue weighted by Gasteiger charge is 2.63. The molecule has 2 aromatic rings. The number of imidazole rings is 1. The van der Waals surface area contributed by atoms with E-state index in [0.29, 0.717) is 0 Å². The zero-order valence-corrected chi connectivity index (χ0v) is 25.9. The van der Waals surface area contributed by atoms with Crippen LogP contribution in [0.5, 0.6) is 0 Å². The maximum Gasteiger partial charge on any atom is 0.345 e. The van der Waals surface area contributed by atoms with Gasteiger partial charge in [0.15, 0.2) is 29.2 Å². The number of rotatable bonds is 13. The summed E-state index contributed by atoms with van der Waals surface area (Å²) in [5, 5.41) is 16.2. The van der Waals surface area contributed by atoms with Crippen molar-refractivity contribution in [2.24, 2.45) is 0 Å². The molecular formula is C23H36F3N7O8PS+. The number of fused-ring (bicyclic) bond motifs is 1. The molecule has 1 saturated heterocycles. The number of nitrogens with two attached hydrogens (primary N) is 1. The molecule has 20 heteroatoms. The van der Waals surface area contributed by atoms with Crippen molar-refractivity contribution in [2.45, 2.75) is 96.4 Å². The number of esters is 2. The molecule has 0 amide bonds. The Hall–Kier alpha value is -2.54. The van der Waals surface area contributed by atoms with Crippen LogP contribution in [0.3, 0.4) is 0 Å². The van der Waals surface area contributed by atoms with Crippen LogP contribution in [-0.2, 0) is 28.3 Å². The molecule has 0 aromatic carbocycles. The van der Waals surface area contributed by atoms with Crippen molar-refractivity contribution >= 4 is 48.3 Å². The van der Waals surface area contributed by atoms with Gasteiger partial charge in [0.2, 0.25) is 5.95 Å². The minimum atomic E-state index is -3.74. The van der Waals surface area contributed by atoms with Crippen LogP contribution in [-0.4, -0.2) is 91.8 Å². The Balaban J connectivity index is 1.93. The molecule has 242 valence electrons. The number of nitrogens with one attached hydrogen (secondary N) is 3. The second kappa shape index (κ2) is 13.6. The minimum Gasteiger partial charge on any atom is -0.462 e. The summed E-state index contributed by atoms with van der Waals surface area (Å²) in [6.07, 6.45) is -10.5. The summed E-state index contributed by atoms with van der Waals surface area (Å²) in [6.45, 7) is 4.32. The molecule has 0 unspecified atom stereocenters. The number of ether oxygens (including phenoxy) is 3. The number of anilines is 1. The lowest BCUT2D eigenvalue weighted by Crippen LogP contribution is -2.53. The summed E-state index contributed by atoms with van der Waals surface area (Å²) < 4.78 is 67.2. The summed E-state index contributed by atoms with van der Waals surface area (Å²) in [7, 11) is 0. The van der Waals surface area contributed by atoms with Gasteiger partial charge >= 0.3 is 18.9 Å². The molecule has 3 rings (SSSR count). The molecule has 0 spiro atoms. The predicted molar refractivity (Wildman–Crippen MR) is 152 cm³/mol. The van der Waals surface area contributed by atoms with Gasteiger partial charge in [-0.05, 0) is 41.5 Å². The molecule has 0 aliphatic carbocycles. The molecule has 15 nitrogen and oxygen atoms in total. The maximum atomic E-state index is 15.5. The van der Waals surface area contributed by atoms with E-state index in [9.17, 15) is 28.3 Å². The summed E-state index contributed by atoms with van der Waals surface area (Å²) in [5.74, 6) is -1.84. The first-order valence-corrected chi connectivity index (χ1v) is 16.0. The van der Waals surface area contributed by atoms with Gasteiger partial charge in [0.25, 0.3) is 12.0 Å². The number of aromatic nitrogens is 4. The van der Waals surface area contributed by atoms with Crippen LogP contribution in [0.2, 0.25) is 0 Å². The number of aromatic amines is 1. The monoisotopic (exact) mass is 658 g/mol. The van der Waals surface area contributed by atoms with E-state index in [1.165, 1.54) is 13.8 Å². The lowest BCUT2D eigenvalue weighted by molar-refractivity contribution is -0.190. The van der Waals surface area contributed by atoms with Crippen molar-refractivity contribution in [1.29, 1.82) is 0 Å². The van der Waals surface area contributed by atoms with Crippen molar-refractivity contribution in [1.82, 2.24) is 29.7 Å². The van der Waals surface area contributed by atoms with Crippen molar-refractivity contribution in [2.75, 3.05) is 12.3 Å². The molecule has 6 N–H and O–H groups in total. The normalized spacial score (nSPS) is 24.2. The summed E-state index contributed by atoms with van der Waals surface area (Å²) >= 11 is 4.45. The zero-order chi connectivity index (χ0) is 32.4. The van der Waals surface area contributed by atoms with E-state index in [0.717, 1.165) is 10.9 Å². The third-order valence-electron chi connectivity index (χ3n) is 6.13. The van der Waals surface area contributed by atoms with E-state index in [-0.39, 0.29) is 17.1 Å². The fraction of sp³-hybridized carbons (Fsp3) is 0.696. The highest BCUT2D eigenvalue weighted by atomic mass is 32.7. The Labute approximate surface area is 250 Å². The molecule has 1 aliphatic rings. The molecule has 0 radical (unpaired) electrons. The van der Waals surface area contributed by atoms with E-state index in [1.54, 1.807) is 27.7 Å². The number of H-pyrrole nitrogens is 1. The summed E-state index contributed by atoms with van der Waals surface area (Å²) in [5.41, 5.74) is 1.26. The van der Waals surface area contributed by atoms with Crippen LogP contribution in [0.1, 0.15) is 47.8 Å². The number of nitrogen functional groups attached to an aromatic ring is 1. The topological polar surface area (TPSA) is 205 Å². The fourth-order valence-corrected chi connectivity index (χ4v) is 7.18. The minimum absolute atomic E-state index is 0.275. The molecule has 1 fully saturated rings. The second-order valence-corrected chi connectivity index (χ2v) is 14.1. The van der Waals surface area contributed by atoms with Gasteiger partial charge in [-0.3, -0.25) is 23.9 Å². The first-order valence-electron chi connectivity index (χ1n) is 13.1. The predicted octanol–water partition coefficient (Wildman–Crippen LogP) is 1.42. The van der Waals surface area contributed by atoms with Crippen molar-refractivity contribution in [3.05, 3.63) is 16.7 Å². The first kappa shape index (κ1) is 34.9. The van der Waals surface area contributed by atoms with Crippen LogP contribution in [0.15, 0.2) is 11.1 Å². The van der Waals surface area contributed by atoms with Gasteiger partial charge in [0, 0.05) is 0 Å². The highest BCUT2D eigenvalue weighted by Crippen LogP contribution is 2.59. The van der Waals surface area contributed by atoms with Gasteiger partial charge < -0.3 is 25.1 Å². The molecular weight excluding hydrogens is 622 g/mol. The Morgan fingerprint density at radius 3 is 2.21 bits per heavy atom. The second-order valence-electron chi connectivity index (χ2n) is 10.5. The molecule has 0 bridgehead atoms. The van der Waals surface area contributed by atoms with E-state index < -0.39 is 85.9 Å². The number of alkyl halides is 3. The fourth-order valence-electron chi connectivity index (χ4n) is 4.09. The Morgan fingerprint density at radius 2 is 1.72 bits per heavy atom. The number of carbonyl (C=O) groups is 2. The Kier molecular flexibility index (Phi) is 11.1. The smallest absolute Gasteiger partial charge is 0.345 e. The van der Waals surface area contributed by atoms with Crippen LogP contribution in [0, 0.1) is 0 Å². The number of hydrogen-bond donors (Lipinski definition) is 6. The lowest BCUT2D eigenvalue weighted by Gasteiger charge is -2.32. The summed E-state index contributed by atoms with van der Waals surface area (Å²) in [6, 6.07) is -2.25. The van der Waals surface area contributed by atoms with E-state index in [2.05, 4.69) is 37.4 Å². The van der Waals surface area contributed by atoms with Crippen LogP contribution >= 0.6 is 19.2 Å². The van der Waals surface area contributed by atoms with Crippen LogP contribution < -0.4 is 21.5 Å². The largest absolute Gasteiger partial charge is 0.462 e. The highest BCUT2D eigenvalue weighted by molar-refractivity contribution is 8.49. The standard InChI is InChI=1S/C23H35F3N7O8PS/c1-9(2)39-19(36)11(5)31-42(43,32-12(6)20(37)40-10(3)4)38-7-23(21(25)26)15(34)13(24)18(41-23)33-8-28-14-16(33)29-22(27)30-17(14)35/h8-13,15,18,21,31-32,34,43H,7H2,1-6H3,(H2-,27,29,30,35)/p+1/t11-,12-,13-,15-,18+,23+/m0/s1. The van der Waals surface area contributed by atoms with Gasteiger partial charge in [-0.2, -0.15) is 9.51 Å². The number of carbonyl (C=O) groups excluding carboxylic acids is 2. The average Bonchev–Trinajstić information content (AvgIpc) is 3.41. The molecule has 0 saturated carbocycles. The zero-order valence-electron chi connectivity index (χ0n) is 24.2. The quantitative estimate of drug-likeness (QED) is 0.103. The number of halogens is 3. The number of aliphatic hydroxyl groups excluding tert-OH is 1. The van der Waals surface area contributed by atoms with Gasteiger partial charge in [-0.25, -0.2) is 18.2 Å². The number of nitrogens with zero attached hydrogens (tertiary/aromatic N) is 3. The average molecular weight is 659 g/mol. The molecule has 3 heterocycles. The maximum absolute atomic E-state index is 15.5. The van der Waals surface area contributed by atoms with Crippen molar-refractivity contribution < 1.29 is 46.6 Å². The van der Waals surface area contributed by atoms with Crippen molar-refractivity contribution in [3.63, 3.8) is 0 Å². The molecule has 6 atom stereocenters. The van der Waals surface area contributed by atoms with Gasteiger partial charge in [0.1, 0.15) is 24.8 Å². The SMILES string of the molecule is CC(C)OC(=O)[C@H](C)N[P+](S)(N[C@@H](C)C(=O)OC(C)C)OC[C@@]1(C(F)F)O[C@@H](n2cnc3c(=O)[nH]c(N)nc32)[C@@H](F)[C@@H]1O. The number of hydrogen-bond acceptors (Lipinski definition) is 14. The number of aliphatic hydroxyl groups is 1. The van der Waals surface area contributed by atoms with E-state index in [1.807, 2.05) is 0 Å². The third-order valence-corrected chi connectivity index (χ3v) is 9.15. The van der Waals surface area contributed by atoms with Crippen molar-refractivity contribution in [3.8, 4) is 0 Å². The number of thiol groups is 1. The van der Waals surface area contributed by atoms with Gasteiger partial charge in [0.05, 0.1) is 30.8 Å². The molecule has 2 aromatic heterocycles. The molecule has 1 aliphatic heterocycles. The van der Waals surface area contributed by atoms with Crippen LogP contribution in [0.4, 0.5) is 19.1 Å². The molecule has 43 heavy (non-hydrogen) atoms. The van der Waals surface area contributed by atoms with Gasteiger partial charge in [-0.15, -0.1) is 10.2 Å². The first-order chi connectivity index (χ1) is 19.9. The van der Waals surface area contributed by atoms with Gasteiger partial charge in [-0.1, -0.05) is 0 Å². The Bertz CT molecular complexity index is 1340. The van der Waals surface area contributed by atoms with E-state index in [4.69, 9.17) is 24.5 Å². The van der Waals surface area contributed by atoms with E-state index >= 15 is 4.39 Å². The Morgan fingerprint density at radius 1 is 1.19 bits per heavy atom. The third kappa shape index (κ3) is 7.76. The van der Waals surface area contributed by atoms with Crippen LogP contribution in [0.25, 0.3) is 11.2 Å².